The Kier molecular flexibility index (Phi) is 4.62. The van der Waals surface area contributed by atoms with Crippen molar-refractivity contribution < 1.29 is 9.59 Å². The number of hydrogen-bond donors (Lipinski definition) is 1. The summed E-state index contributed by atoms with van der Waals surface area (Å²) in [5, 5.41) is 0. The van der Waals surface area contributed by atoms with Gasteiger partial charge in [-0.3, -0.25) is 19.4 Å². The summed E-state index contributed by atoms with van der Waals surface area (Å²) >= 11 is 0. The summed E-state index contributed by atoms with van der Waals surface area (Å²) in [6.45, 7) is 3.52. The largest absolute Gasteiger partial charge is 0.333 e. The minimum absolute atomic E-state index is 0.188. The molecule has 0 bridgehead atoms. The van der Waals surface area contributed by atoms with E-state index in [1.807, 2.05) is 31.2 Å². The number of nitrogens with zero attached hydrogens (tertiary/aromatic N) is 4. The Morgan fingerprint density at radius 3 is 2.32 bits per heavy atom. The van der Waals surface area contributed by atoms with Crippen molar-refractivity contribution in [3.63, 3.8) is 0 Å². The van der Waals surface area contributed by atoms with Crippen LogP contribution in [0.2, 0.25) is 0 Å². The third-order valence-corrected chi connectivity index (χ3v) is 5.92. The molecule has 8 nitrogen and oxygen atoms in total. The van der Waals surface area contributed by atoms with Crippen molar-refractivity contribution in [3.8, 4) is 0 Å². The molecule has 4 heterocycles. The van der Waals surface area contributed by atoms with Crippen LogP contribution in [0.25, 0.3) is 0 Å². The van der Waals surface area contributed by atoms with E-state index < -0.39 is 0 Å². The van der Waals surface area contributed by atoms with Crippen LogP contribution in [0.15, 0.2) is 47.7 Å². The first-order valence-electron chi connectivity index (χ1n) is 10.2. The van der Waals surface area contributed by atoms with E-state index in [9.17, 15) is 14.4 Å². The SMILES string of the molecule is Cc1cnc(C(=O)N2CCc3c(c[nH]c(=O)c3C(=O)N3Cc4ccccc4C3)C2)cn1. The van der Waals surface area contributed by atoms with Crippen molar-refractivity contribution in [1.29, 1.82) is 0 Å². The average molecular weight is 415 g/mol. The molecule has 2 aromatic heterocycles. The smallest absolute Gasteiger partial charge is 0.274 e. The van der Waals surface area contributed by atoms with Gasteiger partial charge in [-0.15, -0.1) is 0 Å². The lowest BCUT2D eigenvalue weighted by Gasteiger charge is -2.30. The molecule has 31 heavy (non-hydrogen) atoms. The van der Waals surface area contributed by atoms with E-state index in [0.717, 1.165) is 27.9 Å². The Balaban J connectivity index is 1.41. The summed E-state index contributed by atoms with van der Waals surface area (Å²) in [4.78, 5) is 53.1. The van der Waals surface area contributed by atoms with Gasteiger partial charge in [0.15, 0.2) is 0 Å². The van der Waals surface area contributed by atoms with Crippen molar-refractivity contribution in [3.05, 3.63) is 92.4 Å². The summed E-state index contributed by atoms with van der Waals surface area (Å²) in [5.74, 6) is -0.481. The van der Waals surface area contributed by atoms with Crippen LogP contribution < -0.4 is 5.56 Å². The summed E-state index contributed by atoms with van der Waals surface area (Å²) in [7, 11) is 0. The van der Waals surface area contributed by atoms with Crippen LogP contribution in [0, 0.1) is 6.92 Å². The first-order valence-corrected chi connectivity index (χ1v) is 10.2. The molecule has 5 rings (SSSR count). The molecule has 0 saturated carbocycles. The number of H-pyrrole nitrogens is 1. The molecule has 1 N–H and O–H groups in total. The number of aromatic amines is 1. The number of pyridine rings is 1. The van der Waals surface area contributed by atoms with Crippen LogP contribution in [0.3, 0.4) is 0 Å². The number of benzene rings is 1. The lowest BCUT2D eigenvalue weighted by Crippen LogP contribution is -2.40. The van der Waals surface area contributed by atoms with E-state index in [1.165, 1.54) is 6.20 Å². The van der Waals surface area contributed by atoms with Gasteiger partial charge in [-0.25, -0.2) is 4.98 Å². The van der Waals surface area contributed by atoms with Gasteiger partial charge in [0.2, 0.25) is 0 Å². The zero-order chi connectivity index (χ0) is 21.5. The van der Waals surface area contributed by atoms with Crippen LogP contribution in [0.1, 0.15) is 48.8 Å². The summed E-state index contributed by atoms with van der Waals surface area (Å²) in [6.07, 6.45) is 5.08. The highest BCUT2D eigenvalue weighted by Crippen LogP contribution is 2.26. The summed E-state index contributed by atoms with van der Waals surface area (Å²) in [5.41, 5.74) is 4.54. The maximum absolute atomic E-state index is 13.3. The predicted molar refractivity (Wildman–Crippen MR) is 112 cm³/mol. The first kappa shape index (κ1) is 19.2. The van der Waals surface area contributed by atoms with E-state index in [4.69, 9.17) is 0 Å². The van der Waals surface area contributed by atoms with Crippen LogP contribution in [0.5, 0.6) is 0 Å². The third-order valence-electron chi connectivity index (χ3n) is 5.92. The molecule has 0 fully saturated rings. The van der Waals surface area contributed by atoms with Crippen LogP contribution >= 0.6 is 0 Å². The molecule has 156 valence electrons. The van der Waals surface area contributed by atoms with Gasteiger partial charge in [-0.2, -0.15) is 0 Å². The number of carbonyl (C=O) groups is 2. The normalized spacial score (nSPS) is 14.9. The maximum atomic E-state index is 13.3. The van der Waals surface area contributed by atoms with Gasteiger partial charge < -0.3 is 14.8 Å². The number of aryl methyl sites for hydroxylation is 1. The maximum Gasteiger partial charge on any atom is 0.274 e. The molecule has 2 aliphatic heterocycles. The number of rotatable bonds is 2. The van der Waals surface area contributed by atoms with Gasteiger partial charge in [0, 0.05) is 38.6 Å². The van der Waals surface area contributed by atoms with Gasteiger partial charge in [-0.05, 0) is 35.6 Å². The zero-order valence-corrected chi connectivity index (χ0v) is 17.1. The molecule has 0 unspecified atom stereocenters. The second-order valence-electron chi connectivity index (χ2n) is 7.95. The Morgan fingerprint density at radius 2 is 1.65 bits per heavy atom. The zero-order valence-electron chi connectivity index (χ0n) is 17.1. The molecule has 2 amide bonds. The number of fused-ring (bicyclic) bond motifs is 2. The first-order chi connectivity index (χ1) is 15.0. The van der Waals surface area contributed by atoms with E-state index >= 15 is 0 Å². The van der Waals surface area contributed by atoms with E-state index in [2.05, 4.69) is 15.0 Å². The Bertz CT molecular complexity index is 1220. The van der Waals surface area contributed by atoms with E-state index in [1.54, 1.807) is 22.2 Å². The third kappa shape index (κ3) is 3.39. The van der Waals surface area contributed by atoms with Gasteiger partial charge >= 0.3 is 0 Å². The highest BCUT2D eigenvalue weighted by atomic mass is 16.2. The molecular weight excluding hydrogens is 394 g/mol. The summed E-state index contributed by atoms with van der Waals surface area (Å²) in [6, 6.07) is 7.91. The van der Waals surface area contributed by atoms with Crippen LogP contribution in [-0.2, 0) is 26.1 Å². The quantitative estimate of drug-likeness (QED) is 0.688. The molecule has 3 aromatic rings. The standard InChI is InChI=1S/C23H21N5O3/c1-14-8-25-19(10-24-14)22(30)27-7-6-18-17(13-27)9-26-21(29)20(18)23(31)28-11-15-4-2-3-5-16(15)12-28/h2-5,8-10H,6-7,11-13H2,1H3,(H,26,29). The fourth-order valence-electron chi connectivity index (χ4n) is 4.27. The molecule has 0 spiro atoms. The second kappa shape index (κ2) is 7.46. The van der Waals surface area contributed by atoms with Crippen molar-refractivity contribution in [2.45, 2.75) is 33.0 Å². The van der Waals surface area contributed by atoms with E-state index in [0.29, 0.717) is 32.6 Å². The predicted octanol–water partition coefficient (Wildman–Crippen LogP) is 1.83. The molecule has 8 heteroatoms. The molecule has 0 aliphatic carbocycles. The van der Waals surface area contributed by atoms with Crippen molar-refractivity contribution in [1.82, 2.24) is 24.8 Å². The number of nitrogens with one attached hydrogen (secondary N) is 1. The number of aromatic nitrogens is 3. The van der Waals surface area contributed by atoms with E-state index in [-0.39, 0.29) is 28.6 Å². The van der Waals surface area contributed by atoms with Gasteiger partial charge in [0.25, 0.3) is 17.4 Å². The lowest BCUT2D eigenvalue weighted by molar-refractivity contribution is 0.0725. The van der Waals surface area contributed by atoms with Crippen LogP contribution in [-0.4, -0.2) is 43.1 Å². The van der Waals surface area contributed by atoms with Gasteiger partial charge in [0.05, 0.1) is 11.9 Å². The van der Waals surface area contributed by atoms with Crippen molar-refractivity contribution in [2.24, 2.45) is 0 Å². The number of carbonyl (C=O) groups excluding carboxylic acids is 2. The topological polar surface area (TPSA) is 99.3 Å². The van der Waals surface area contributed by atoms with Crippen LogP contribution in [0.4, 0.5) is 0 Å². The number of amides is 2. The highest BCUT2D eigenvalue weighted by molar-refractivity contribution is 5.96. The van der Waals surface area contributed by atoms with Gasteiger partial charge in [0.1, 0.15) is 11.3 Å². The monoisotopic (exact) mass is 415 g/mol. The molecular formula is C23H21N5O3. The molecule has 1 aromatic carbocycles. The minimum atomic E-state index is -0.385. The van der Waals surface area contributed by atoms with Gasteiger partial charge in [-0.1, -0.05) is 24.3 Å². The lowest BCUT2D eigenvalue weighted by atomic mass is 9.96. The van der Waals surface area contributed by atoms with Crippen molar-refractivity contribution >= 4 is 11.8 Å². The molecule has 0 saturated heterocycles. The Hall–Kier alpha value is -3.81. The molecule has 2 aliphatic rings. The van der Waals surface area contributed by atoms with Crippen molar-refractivity contribution in [2.75, 3.05) is 6.54 Å². The fourth-order valence-corrected chi connectivity index (χ4v) is 4.27. The second-order valence-corrected chi connectivity index (χ2v) is 7.95. The molecule has 0 atom stereocenters. The summed E-state index contributed by atoms with van der Waals surface area (Å²) < 4.78 is 0. The fraction of sp³-hybridized carbons (Fsp3) is 0.261. The average Bonchev–Trinajstić information content (AvgIpc) is 3.23. The highest BCUT2D eigenvalue weighted by Gasteiger charge is 2.31. The number of hydrogen-bond acceptors (Lipinski definition) is 5. The Morgan fingerprint density at radius 1 is 0.935 bits per heavy atom. The Labute approximate surface area is 178 Å². The molecule has 0 radical (unpaired) electrons. The minimum Gasteiger partial charge on any atom is -0.333 e.